The van der Waals surface area contributed by atoms with Crippen LogP contribution >= 0.6 is 0 Å². The predicted octanol–water partition coefficient (Wildman–Crippen LogP) is 3.76. The molecule has 0 aliphatic heterocycles. The minimum atomic E-state index is -0.846. The Morgan fingerprint density at radius 3 is 2.55 bits per heavy atom. The minimum Gasteiger partial charge on any atom is -0.490 e. The van der Waals surface area contributed by atoms with E-state index in [-0.39, 0.29) is 5.56 Å². The molecule has 29 heavy (non-hydrogen) atoms. The highest BCUT2D eigenvalue weighted by Crippen LogP contribution is 2.29. The number of unbranched alkanes of at least 4 members (excludes halogenated alkanes) is 1. The van der Waals surface area contributed by atoms with E-state index in [1.807, 2.05) is 6.92 Å². The van der Waals surface area contributed by atoms with E-state index in [1.165, 1.54) is 0 Å². The van der Waals surface area contributed by atoms with Crippen LogP contribution in [-0.4, -0.2) is 37.2 Å². The first kappa shape index (κ1) is 22.5. The fraction of sp³-hybridized carbons (Fsp3) is 0.591. The highest BCUT2D eigenvalue weighted by Gasteiger charge is 2.33. The summed E-state index contributed by atoms with van der Waals surface area (Å²) in [6, 6.07) is 7.03. The maximum absolute atomic E-state index is 12.4. The Hall–Kier alpha value is -2.75. The summed E-state index contributed by atoms with van der Waals surface area (Å²) in [6.45, 7) is 4.50. The van der Waals surface area contributed by atoms with Gasteiger partial charge in [-0.3, -0.25) is 4.79 Å². The Morgan fingerprint density at radius 2 is 1.90 bits per heavy atom. The zero-order valence-corrected chi connectivity index (χ0v) is 17.3. The molecule has 0 radical (unpaired) electrons. The minimum absolute atomic E-state index is 0.275. The quantitative estimate of drug-likeness (QED) is 0.473. The fourth-order valence-corrected chi connectivity index (χ4v) is 3.29. The molecule has 7 heteroatoms. The molecule has 0 aromatic heterocycles. The van der Waals surface area contributed by atoms with Gasteiger partial charge in [-0.1, -0.05) is 32.6 Å². The summed E-state index contributed by atoms with van der Waals surface area (Å²) >= 11 is 0. The summed E-state index contributed by atoms with van der Waals surface area (Å²) in [7, 11) is 0. The molecule has 0 unspecified atom stereocenters. The van der Waals surface area contributed by atoms with Crippen LogP contribution in [0.3, 0.4) is 0 Å². The Balaban J connectivity index is 1.94. The topological polar surface area (TPSA) is 97.6 Å². The normalized spacial score (nSPS) is 15.1. The third kappa shape index (κ3) is 6.67. The number of amides is 1. The number of hydrogen-bond donors (Lipinski definition) is 1. The van der Waals surface area contributed by atoms with Crippen LogP contribution < -0.4 is 14.8 Å². The first-order valence-electron chi connectivity index (χ1n) is 10.3. The van der Waals surface area contributed by atoms with Gasteiger partial charge in [0.15, 0.2) is 18.1 Å². The summed E-state index contributed by atoms with van der Waals surface area (Å²) in [4.78, 5) is 24.6. The molecule has 1 aromatic carbocycles. The number of carbonyl (C=O) groups excluding carboxylic acids is 2. The van der Waals surface area contributed by atoms with E-state index in [1.54, 1.807) is 18.2 Å². The molecule has 0 bridgehead atoms. The molecule has 1 amide bonds. The zero-order chi connectivity index (χ0) is 21.1. The summed E-state index contributed by atoms with van der Waals surface area (Å²) < 4.78 is 16.4. The van der Waals surface area contributed by atoms with Crippen molar-refractivity contribution in [1.29, 1.82) is 5.26 Å². The molecule has 0 spiro atoms. The number of benzene rings is 1. The molecule has 7 nitrogen and oxygen atoms in total. The summed E-state index contributed by atoms with van der Waals surface area (Å²) in [6.07, 6.45) is 6.06. The molecule has 1 fully saturated rings. The standard InChI is InChI=1S/C22H30N2O5/c1-3-5-13-28-18-10-9-17(14-19(18)27-4-2)21(26)29-15-20(25)24-22(16-23)11-7-6-8-12-22/h9-10,14H,3-8,11-13,15H2,1-2H3,(H,24,25). The summed E-state index contributed by atoms with van der Waals surface area (Å²) in [5, 5.41) is 12.2. The average molecular weight is 402 g/mol. The van der Waals surface area contributed by atoms with E-state index >= 15 is 0 Å². The van der Waals surface area contributed by atoms with E-state index in [9.17, 15) is 14.9 Å². The lowest BCUT2D eigenvalue weighted by molar-refractivity contribution is -0.125. The van der Waals surface area contributed by atoms with Crippen LogP contribution in [0.2, 0.25) is 0 Å². The van der Waals surface area contributed by atoms with E-state index in [0.29, 0.717) is 37.6 Å². The molecule has 0 saturated heterocycles. The molecule has 158 valence electrons. The third-order valence-corrected chi connectivity index (χ3v) is 4.87. The van der Waals surface area contributed by atoms with Crippen LogP contribution in [0.4, 0.5) is 0 Å². The highest BCUT2D eigenvalue weighted by atomic mass is 16.5. The number of esters is 1. The number of nitriles is 1. The molecule has 2 rings (SSSR count). The number of nitrogens with one attached hydrogen (secondary N) is 1. The van der Waals surface area contributed by atoms with Crippen molar-refractivity contribution in [3.05, 3.63) is 23.8 Å². The number of rotatable bonds is 10. The number of ether oxygens (including phenoxy) is 3. The second kappa shape index (κ2) is 11.3. The van der Waals surface area contributed by atoms with Gasteiger partial charge >= 0.3 is 5.97 Å². The van der Waals surface area contributed by atoms with Gasteiger partial charge in [-0.05, 0) is 44.4 Å². The van der Waals surface area contributed by atoms with Gasteiger partial charge in [-0.15, -0.1) is 0 Å². The van der Waals surface area contributed by atoms with Gasteiger partial charge in [0, 0.05) is 0 Å². The summed E-state index contributed by atoms with van der Waals surface area (Å²) in [5.74, 6) is -0.0572. The van der Waals surface area contributed by atoms with Crippen molar-refractivity contribution in [1.82, 2.24) is 5.32 Å². The first-order valence-corrected chi connectivity index (χ1v) is 10.3. The Kier molecular flexibility index (Phi) is 8.78. The van der Waals surface area contributed by atoms with Crippen LogP contribution in [0.5, 0.6) is 11.5 Å². The van der Waals surface area contributed by atoms with Gasteiger partial charge in [0.05, 0.1) is 24.8 Å². The molecule has 0 heterocycles. The van der Waals surface area contributed by atoms with E-state index in [2.05, 4.69) is 18.3 Å². The van der Waals surface area contributed by atoms with Crippen molar-refractivity contribution in [2.24, 2.45) is 0 Å². The van der Waals surface area contributed by atoms with Crippen LogP contribution in [0.1, 0.15) is 69.2 Å². The van der Waals surface area contributed by atoms with Crippen molar-refractivity contribution < 1.29 is 23.8 Å². The zero-order valence-electron chi connectivity index (χ0n) is 17.3. The van der Waals surface area contributed by atoms with Crippen molar-refractivity contribution in [3.63, 3.8) is 0 Å². The van der Waals surface area contributed by atoms with Gasteiger partial charge in [0.1, 0.15) is 5.54 Å². The molecule has 1 aromatic rings. The lowest BCUT2D eigenvalue weighted by Gasteiger charge is -2.31. The second-order valence-corrected chi connectivity index (χ2v) is 7.18. The van der Waals surface area contributed by atoms with Crippen molar-refractivity contribution in [3.8, 4) is 17.6 Å². The van der Waals surface area contributed by atoms with Crippen LogP contribution in [0.25, 0.3) is 0 Å². The van der Waals surface area contributed by atoms with Gasteiger partial charge in [-0.2, -0.15) is 5.26 Å². The van der Waals surface area contributed by atoms with Crippen LogP contribution in [0, 0.1) is 11.3 Å². The number of hydrogen-bond acceptors (Lipinski definition) is 6. The van der Waals surface area contributed by atoms with Gasteiger partial charge in [0.25, 0.3) is 5.91 Å². The Bertz CT molecular complexity index is 735. The van der Waals surface area contributed by atoms with E-state index in [0.717, 1.165) is 32.1 Å². The van der Waals surface area contributed by atoms with Gasteiger partial charge < -0.3 is 19.5 Å². The molecule has 1 aliphatic carbocycles. The van der Waals surface area contributed by atoms with Gasteiger partial charge in [-0.25, -0.2) is 4.79 Å². The molecule has 1 N–H and O–H groups in total. The fourth-order valence-electron chi connectivity index (χ4n) is 3.29. The molecule has 1 aliphatic rings. The molecule has 1 saturated carbocycles. The second-order valence-electron chi connectivity index (χ2n) is 7.18. The highest BCUT2D eigenvalue weighted by molar-refractivity contribution is 5.92. The maximum Gasteiger partial charge on any atom is 0.338 e. The maximum atomic E-state index is 12.4. The number of carbonyl (C=O) groups is 2. The number of nitrogens with zero attached hydrogens (tertiary/aromatic N) is 1. The predicted molar refractivity (Wildman–Crippen MR) is 108 cm³/mol. The molecular weight excluding hydrogens is 372 g/mol. The Labute approximate surface area is 172 Å². The van der Waals surface area contributed by atoms with Crippen LogP contribution in [0.15, 0.2) is 18.2 Å². The SMILES string of the molecule is CCCCOc1ccc(C(=O)OCC(=O)NC2(C#N)CCCCC2)cc1OCC. The average Bonchev–Trinajstić information content (AvgIpc) is 2.74. The third-order valence-electron chi connectivity index (χ3n) is 4.87. The largest absolute Gasteiger partial charge is 0.490 e. The monoisotopic (exact) mass is 402 g/mol. The molecule has 0 atom stereocenters. The smallest absolute Gasteiger partial charge is 0.338 e. The lowest BCUT2D eigenvalue weighted by Crippen LogP contribution is -2.50. The molecular formula is C22H30N2O5. The van der Waals surface area contributed by atoms with Gasteiger partial charge in [0.2, 0.25) is 0 Å². The first-order chi connectivity index (χ1) is 14.0. The van der Waals surface area contributed by atoms with Crippen molar-refractivity contribution in [2.45, 2.75) is 64.3 Å². The lowest BCUT2D eigenvalue weighted by atomic mass is 9.83. The summed E-state index contributed by atoms with van der Waals surface area (Å²) in [5.41, 5.74) is -0.571. The van der Waals surface area contributed by atoms with E-state index < -0.39 is 24.0 Å². The van der Waals surface area contributed by atoms with E-state index in [4.69, 9.17) is 14.2 Å². The Morgan fingerprint density at radius 1 is 1.14 bits per heavy atom. The van der Waals surface area contributed by atoms with Crippen LogP contribution in [-0.2, 0) is 9.53 Å². The van der Waals surface area contributed by atoms with Crippen molar-refractivity contribution >= 4 is 11.9 Å². The van der Waals surface area contributed by atoms with Crippen molar-refractivity contribution in [2.75, 3.05) is 19.8 Å².